The predicted octanol–water partition coefficient (Wildman–Crippen LogP) is 1.14. The first kappa shape index (κ1) is 12.8. The maximum absolute atomic E-state index is 12.4. The van der Waals surface area contributed by atoms with E-state index in [1.807, 2.05) is 0 Å². The van der Waals surface area contributed by atoms with E-state index in [0.717, 1.165) is 0 Å². The van der Waals surface area contributed by atoms with Gasteiger partial charge in [0.25, 0.3) is 0 Å². The van der Waals surface area contributed by atoms with E-state index in [4.69, 9.17) is 16.3 Å². The van der Waals surface area contributed by atoms with Crippen molar-refractivity contribution in [3.63, 3.8) is 0 Å². The van der Waals surface area contributed by atoms with E-state index in [2.05, 4.69) is 4.98 Å². The van der Waals surface area contributed by atoms with Crippen LogP contribution in [0.25, 0.3) is 0 Å². The van der Waals surface area contributed by atoms with Gasteiger partial charge >= 0.3 is 0 Å². The Kier molecular flexibility index (Phi) is 3.67. The molecule has 0 saturated carbocycles. The lowest BCUT2D eigenvalue weighted by Gasteiger charge is -2.32. The van der Waals surface area contributed by atoms with Crippen molar-refractivity contribution in [1.82, 2.24) is 9.29 Å². The number of ether oxygens (including phenoxy) is 1. The number of pyridine rings is 1. The number of hydrogen-bond acceptors (Lipinski definition) is 4. The number of morpholine rings is 1. The summed E-state index contributed by atoms with van der Waals surface area (Å²) < 4.78 is 31.3. The van der Waals surface area contributed by atoms with Crippen molar-refractivity contribution < 1.29 is 13.2 Å². The van der Waals surface area contributed by atoms with Crippen LogP contribution in [0.5, 0.6) is 0 Å². The number of nitrogens with zero attached hydrogens (tertiary/aromatic N) is 2. The molecule has 0 radical (unpaired) electrons. The second-order valence-corrected chi connectivity index (χ2v) is 6.05. The Morgan fingerprint density at radius 1 is 1.59 bits per heavy atom. The summed E-state index contributed by atoms with van der Waals surface area (Å²) in [4.78, 5) is 3.84. The molecule has 1 aromatic rings. The lowest BCUT2D eigenvalue weighted by Crippen LogP contribution is -2.47. The molecule has 1 aromatic heterocycles. The highest BCUT2D eigenvalue weighted by Crippen LogP contribution is 2.24. The highest BCUT2D eigenvalue weighted by molar-refractivity contribution is 7.89. The van der Waals surface area contributed by atoms with Crippen LogP contribution in [0.15, 0.2) is 23.2 Å². The zero-order valence-corrected chi connectivity index (χ0v) is 10.9. The summed E-state index contributed by atoms with van der Waals surface area (Å²) in [7, 11) is -3.58. The summed E-state index contributed by atoms with van der Waals surface area (Å²) in [6, 6.07) is 2.83. The molecule has 2 heterocycles. The second kappa shape index (κ2) is 4.89. The minimum atomic E-state index is -3.58. The quantitative estimate of drug-likeness (QED) is 0.760. The van der Waals surface area contributed by atoms with Crippen LogP contribution in [0, 0.1) is 0 Å². The Hall–Kier alpha value is -0.690. The third-order valence-electron chi connectivity index (χ3n) is 2.62. The van der Waals surface area contributed by atoms with Gasteiger partial charge in [-0.05, 0) is 19.1 Å². The monoisotopic (exact) mass is 276 g/mol. The summed E-state index contributed by atoms with van der Waals surface area (Å²) >= 11 is 5.83. The average Bonchev–Trinajstić information content (AvgIpc) is 2.29. The Bertz CT molecular complexity index is 506. The molecule has 1 aliphatic heterocycles. The highest BCUT2D eigenvalue weighted by Gasteiger charge is 2.33. The molecule has 94 valence electrons. The molecule has 17 heavy (non-hydrogen) atoms. The molecule has 1 saturated heterocycles. The first-order valence-corrected chi connectivity index (χ1v) is 7.05. The van der Waals surface area contributed by atoms with Gasteiger partial charge in [0, 0.05) is 18.8 Å². The molecule has 0 spiro atoms. The lowest BCUT2D eigenvalue weighted by atomic mass is 10.3. The lowest BCUT2D eigenvalue weighted by molar-refractivity contribution is 0.0392. The Balaban J connectivity index is 2.39. The van der Waals surface area contributed by atoms with Crippen molar-refractivity contribution >= 4 is 21.6 Å². The zero-order valence-electron chi connectivity index (χ0n) is 9.34. The molecule has 7 heteroatoms. The maximum Gasteiger partial charge on any atom is 0.246 e. The van der Waals surface area contributed by atoms with Crippen LogP contribution >= 0.6 is 11.6 Å². The van der Waals surface area contributed by atoms with Crippen molar-refractivity contribution in [2.24, 2.45) is 0 Å². The van der Waals surface area contributed by atoms with Gasteiger partial charge in [0.05, 0.1) is 13.2 Å². The van der Waals surface area contributed by atoms with E-state index >= 15 is 0 Å². The van der Waals surface area contributed by atoms with Crippen molar-refractivity contribution in [2.45, 2.75) is 17.9 Å². The van der Waals surface area contributed by atoms with Gasteiger partial charge in [0.1, 0.15) is 10.0 Å². The molecule has 2 rings (SSSR count). The first-order valence-electron chi connectivity index (χ1n) is 5.23. The second-order valence-electron chi connectivity index (χ2n) is 3.83. The summed E-state index contributed by atoms with van der Waals surface area (Å²) in [5, 5.41) is 0.00573. The topological polar surface area (TPSA) is 59.5 Å². The van der Waals surface area contributed by atoms with Crippen LogP contribution in [-0.2, 0) is 14.8 Å². The molecule has 1 fully saturated rings. The Morgan fingerprint density at radius 2 is 2.35 bits per heavy atom. The van der Waals surface area contributed by atoms with Crippen LogP contribution in [0.4, 0.5) is 0 Å². The first-order chi connectivity index (χ1) is 8.03. The normalized spacial score (nSPS) is 22.6. The van der Waals surface area contributed by atoms with Crippen LogP contribution in [0.2, 0.25) is 5.15 Å². The maximum atomic E-state index is 12.4. The fourth-order valence-electron chi connectivity index (χ4n) is 1.76. The molecule has 5 nitrogen and oxygen atoms in total. The van der Waals surface area contributed by atoms with Crippen molar-refractivity contribution in [1.29, 1.82) is 0 Å². The number of sulfonamides is 1. The van der Waals surface area contributed by atoms with Crippen LogP contribution in [0.1, 0.15) is 6.92 Å². The van der Waals surface area contributed by atoms with E-state index in [9.17, 15) is 8.42 Å². The average molecular weight is 277 g/mol. The number of aromatic nitrogens is 1. The van der Waals surface area contributed by atoms with Gasteiger partial charge < -0.3 is 4.74 Å². The largest absolute Gasteiger partial charge is 0.378 e. The van der Waals surface area contributed by atoms with Crippen molar-refractivity contribution in [2.75, 3.05) is 19.8 Å². The Morgan fingerprint density at radius 3 is 3.00 bits per heavy atom. The Labute approximate surface area is 105 Å². The van der Waals surface area contributed by atoms with Gasteiger partial charge in [-0.15, -0.1) is 0 Å². The fraction of sp³-hybridized carbons (Fsp3) is 0.500. The standard InChI is InChI=1S/C10H13ClN2O3S/c1-8-7-16-6-5-13(8)17(14,15)9-3-2-4-12-10(9)11/h2-4,8H,5-7H2,1H3/t8-/m1/s1. The fourth-order valence-corrected chi connectivity index (χ4v) is 3.79. The van der Waals surface area contributed by atoms with E-state index in [0.29, 0.717) is 19.8 Å². The number of hydrogen-bond donors (Lipinski definition) is 0. The van der Waals surface area contributed by atoms with Gasteiger partial charge in [0.2, 0.25) is 10.0 Å². The van der Waals surface area contributed by atoms with Crippen LogP contribution < -0.4 is 0 Å². The molecule has 1 atom stereocenters. The van der Waals surface area contributed by atoms with E-state index in [-0.39, 0.29) is 16.1 Å². The van der Waals surface area contributed by atoms with Crippen molar-refractivity contribution in [3.8, 4) is 0 Å². The van der Waals surface area contributed by atoms with Crippen LogP contribution in [0.3, 0.4) is 0 Å². The minimum Gasteiger partial charge on any atom is -0.378 e. The molecular weight excluding hydrogens is 264 g/mol. The number of halogens is 1. The zero-order chi connectivity index (χ0) is 12.5. The van der Waals surface area contributed by atoms with E-state index in [1.165, 1.54) is 16.6 Å². The summed E-state index contributed by atoms with van der Waals surface area (Å²) in [5.41, 5.74) is 0. The minimum absolute atomic E-state index is 0.00573. The molecule has 1 aliphatic rings. The van der Waals surface area contributed by atoms with E-state index in [1.54, 1.807) is 13.0 Å². The number of rotatable bonds is 2. The highest BCUT2D eigenvalue weighted by atomic mass is 35.5. The summed E-state index contributed by atoms with van der Waals surface area (Å²) in [5.74, 6) is 0. The molecule has 0 aliphatic carbocycles. The SMILES string of the molecule is C[C@@H]1COCCN1S(=O)(=O)c1cccnc1Cl. The summed E-state index contributed by atoms with van der Waals surface area (Å²) in [6.45, 7) is 2.95. The molecule has 0 bridgehead atoms. The smallest absolute Gasteiger partial charge is 0.246 e. The van der Waals surface area contributed by atoms with Gasteiger partial charge in [-0.2, -0.15) is 4.31 Å². The summed E-state index contributed by atoms with van der Waals surface area (Å²) in [6.07, 6.45) is 1.46. The van der Waals surface area contributed by atoms with Gasteiger partial charge in [-0.3, -0.25) is 0 Å². The molecule has 0 N–H and O–H groups in total. The van der Waals surface area contributed by atoms with Gasteiger partial charge in [-0.25, -0.2) is 13.4 Å². The van der Waals surface area contributed by atoms with Crippen molar-refractivity contribution in [3.05, 3.63) is 23.5 Å². The molecule has 0 amide bonds. The third kappa shape index (κ3) is 2.44. The molecular formula is C10H13ClN2O3S. The third-order valence-corrected chi connectivity index (χ3v) is 5.08. The van der Waals surface area contributed by atoms with Gasteiger partial charge in [0.15, 0.2) is 0 Å². The van der Waals surface area contributed by atoms with Gasteiger partial charge in [-0.1, -0.05) is 11.6 Å². The van der Waals surface area contributed by atoms with E-state index < -0.39 is 10.0 Å². The van der Waals surface area contributed by atoms with Crippen LogP contribution in [-0.4, -0.2) is 43.5 Å². The molecule has 0 unspecified atom stereocenters. The molecule has 0 aromatic carbocycles. The predicted molar refractivity (Wildman–Crippen MR) is 63.4 cm³/mol.